The fraction of sp³-hybridized carbons (Fsp3) is 0.421. The van der Waals surface area contributed by atoms with Crippen molar-refractivity contribution in [3.63, 3.8) is 0 Å². The Morgan fingerprint density at radius 2 is 1.69 bits per heavy atom. The number of nitrogens with zero attached hydrogens (tertiary/aromatic N) is 1. The van der Waals surface area contributed by atoms with E-state index < -0.39 is 23.3 Å². The van der Waals surface area contributed by atoms with E-state index >= 15 is 0 Å². The number of amides is 1. The fourth-order valence-corrected chi connectivity index (χ4v) is 3.17. The molecule has 0 saturated carbocycles. The van der Waals surface area contributed by atoms with E-state index in [-0.39, 0.29) is 11.3 Å². The van der Waals surface area contributed by atoms with Crippen LogP contribution in [0.4, 0.5) is 0 Å². The number of rotatable bonds is 3. The minimum Gasteiger partial charge on any atom is -0.493 e. The summed E-state index contributed by atoms with van der Waals surface area (Å²) in [6.45, 7) is 5.43. The molecule has 1 aromatic carbocycles. The van der Waals surface area contributed by atoms with Crippen molar-refractivity contribution < 1.29 is 28.6 Å². The van der Waals surface area contributed by atoms with Gasteiger partial charge in [0.2, 0.25) is 0 Å². The molecule has 2 aliphatic rings. The number of benzene rings is 1. The normalized spacial score (nSPS) is 16.4. The topological polar surface area (TPSA) is 82.1 Å². The van der Waals surface area contributed by atoms with Gasteiger partial charge in [0.15, 0.2) is 11.5 Å². The van der Waals surface area contributed by atoms with Crippen LogP contribution in [0.1, 0.15) is 31.9 Å². The molecule has 0 radical (unpaired) electrons. The first-order chi connectivity index (χ1) is 12.2. The maximum absolute atomic E-state index is 12.6. The quantitative estimate of drug-likeness (QED) is 0.464. The summed E-state index contributed by atoms with van der Waals surface area (Å²) in [6.07, 6.45) is 0.541. The first kappa shape index (κ1) is 18.0. The second kappa shape index (κ2) is 6.16. The first-order valence-electron chi connectivity index (χ1n) is 8.27. The zero-order valence-corrected chi connectivity index (χ0v) is 15.5. The van der Waals surface area contributed by atoms with Gasteiger partial charge in [-0.2, -0.15) is 0 Å². The highest BCUT2D eigenvalue weighted by Gasteiger charge is 2.46. The van der Waals surface area contributed by atoms with Crippen molar-refractivity contribution in [1.29, 1.82) is 0 Å². The van der Waals surface area contributed by atoms with Gasteiger partial charge in [0.1, 0.15) is 11.2 Å². The van der Waals surface area contributed by atoms with Crippen molar-refractivity contribution in [1.82, 2.24) is 4.90 Å². The van der Waals surface area contributed by atoms with Gasteiger partial charge in [-0.25, -0.2) is 4.79 Å². The molecule has 0 N–H and O–H groups in total. The summed E-state index contributed by atoms with van der Waals surface area (Å²) in [5.41, 5.74) is 0.761. The Bertz CT molecular complexity index is 846. The van der Waals surface area contributed by atoms with Crippen molar-refractivity contribution in [3.05, 3.63) is 28.8 Å². The van der Waals surface area contributed by atoms with Crippen molar-refractivity contribution in [2.45, 2.75) is 32.8 Å². The molecule has 0 spiro atoms. The van der Waals surface area contributed by atoms with Crippen LogP contribution in [-0.2, 0) is 25.5 Å². The molecule has 1 aromatic rings. The molecule has 7 heteroatoms. The van der Waals surface area contributed by atoms with E-state index in [0.29, 0.717) is 30.0 Å². The van der Waals surface area contributed by atoms with E-state index in [1.807, 2.05) is 0 Å². The van der Waals surface area contributed by atoms with E-state index in [1.54, 1.807) is 32.9 Å². The van der Waals surface area contributed by atoms with Gasteiger partial charge >= 0.3 is 5.97 Å². The number of carbonyl (C=O) groups is 3. The predicted molar refractivity (Wildman–Crippen MR) is 92.7 cm³/mol. The largest absolute Gasteiger partial charge is 0.493 e. The number of ketones is 1. The lowest BCUT2D eigenvalue weighted by Crippen LogP contribution is -2.33. The Balaban J connectivity index is 2.20. The number of esters is 1. The second-order valence-electron chi connectivity index (χ2n) is 7.13. The lowest BCUT2D eigenvalue weighted by atomic mass is 9.94. The van der Waals surface area contributed by atoms with E-state index in [0.717, 1.165) is 5.56 Å². The van der Waals surface area contributed by atoms with E-state index in [1.165, 1.54) is 19.1 Å². The van der Waals surface area contributed by atoms with Gasteiger partial charge in [0, 0.05) is 12.1 Å². The van der Waals surface area contributed by atoms with Gasteiger partial charge in [-0.1, -0.05) is 0 Å². The molecule has 138 valence electrons. The number of carbonyl (C=O) groups excluding carboxylic acids is 3. The minimum atomic E-state index is -0.836. The monoisotopic (exact) mass is 359 g/mol. The van der Waals surface area contributed by atoms with E-state index in [4.69, 9.17) is 14.2 Å². The van der Waals surface area contributed by atoms with Crippen molar-refractivity contribution in [3.8, 4) is 11.5 Å². The fourth-order valence-electron chi connectivity index (χ4n) is 3.17. The highest BCUT2D eigenvalue weighted by Crippen LogP contribution is 2.41. The van der Waals surface area contributed by atoms with Crippen LogP contribution in [0, 0.1) is 0 Å². The average Bonchev–Trinajstić information content (AvgIpc) is 2.83. The highest BCUT2D eigenvalue weighted by molar-refractivity contribution is 6.54. The summed E-state index contributed by atoms with van der Waals surface area (Å²) in [6, 6.07) is 3.49. The van der Waals surface area contributed by atoms with Gasteiger partial charge in [-0.05, 0) is 44.9 Å². The number of methoxy groups -OCH3 is 2. The molecule has 0 atom stereocenters. The number of fused-ring (bicyclic) bond motifs is 3. The molecule has 0 aromatic heterocycles. The zero-order chi connectivity index (χ0) is 19.2. The van der Waals surface area contributed by atoms with Crippen LogP contribution < -0.4 is 9.47 Å². The van der Waals surface area contributed by atoms with E-state index in [9.17, 15) is 14.4 Å². The maximum atomic E-state index is 12.6. The van der Waals surface area contributed by atoms with Crippen LogP contribution >= 0.6 is 0 Å². The van der Waals surface area contributed by atoms with Crippen LogP contribution in [0.5, 0.6) is 11.5 Å². The molecule has 0 aliphatic carbocycles. The molecule has 2 aliphatic heterocycles. The summed E-state index contributed by atoms with van der Waals surface area (Å²) in [4.78, 5) is 38.8. The Morgan fingerprint density at radius 3 is 2.27 bits per heavy atom. The van der Waals surface area contributed by atoms with Gasteiger partial charge in [0.25, 0.3) is 11.7 Å². The Morgan fingerprint density at radius 1 is 1.08 bits per heavy atom. The number of Topliss-reactive ketones (excluding diaryl/α,β-unsaturated/α-hetero) is 1. The maximum Gasteiger partial charge on any atom is 0.345 e. The first-order valence-corrected chi connectivity index (χ1v) is 8.27. The van der Waals surface area contributed by atoms with Crippen LogP contribution in [0.15, 0.2) is 17.7 Å². The minimum absolute atomic E-state index is 0.224. The Kier molecular flexibility index (Phi) is 4.26. The summed E-state index contributed by atoms with van der Waals surface area (Å²) in [5.74, 6) is -1.33. The molecule has 7 nitrogen and oxygen atoms in total. The number of hydrogen-bond donors (Lipinski definition) is 0. The van der Waals surface area contributed by atoms with Crippen molar-refractivity contribution >= 4 is 23.4 Å². The molecule has 2 heterocycles. The molecule has 0 bridgehead atoms. The standard InChI is InChI=1S/C19H21NO6/c1-19(2,3)26-18(23)14-15-11-9-13(25-5)12(24-4)8-10(11)6-7-20(15)17(22)16(14)21/h8-9H,6-7H2,1-5H3. The van der Waals surface area contributed by atoms with Crippen molar-refractivity contribution in [2.75, 3.05) is 20.8 Å². The number of ether oxygens (including phenoxy) is 3. The van der Waals surface area contributed by atoms with Crippen molar-refractivity contribution in [2.24, 2.45) is 0 Å². The molecule has 26 heavy (non-hydrogen) atoms. The lowest BCUT2D eigenvalue weighted by Gasteiger charge is -2.28. The third-order valence-electron chi connectivity index (χ3n) is 4.25. The SMILES string of the molecule is COc1cc2c(cc1OC)C1=C(C(=O)OC(C)(C)C)C(=O)C(=O)N1CC2. The van der Waals surface area contributed by atoms with Gasteiger partial charge in [-0.15, -0.1) is 0 Å². The van der Waals surface area contributed by atoms with Crippen LogP contribution in [0.25, 0.3) is 5.70 Å². The lowest BCUT2D eigenvalue weighted by molar-refractivity contribution is -0.151. The smallest absolute Gasteiger partial charge is 0.345 e. The van der Waals surface area contributed by atoms with Gasteiger partial charge in [-0.3, -0.25) is 9.59 Å². The second-order valence-corrected chi connectivity index (χ2v) is 7.13. The summed E-state index contributed by atoms with van der Waals surface area (Å²) < 4.78 is 16.0. The molecule has 3 rings (SSSR count). The summed E-state index contributed by atoms with van der Waals surface area (Å²) >= 11 is 0. The van der Waals surface area contributed by atoms with E-state index in [2.05, 4.69) is 0 Å². The van der Waals surface area contributed by atoms with Crippen LogP contribution in [0.2, 0.25) is 0 Å². The number of hydrogen-bond acceptors (Lipinski definition) is 6. The Labute approximate surface area is 151 Å². The summed E-state index contributed by atoms with van der Waals surface area (Å²) in [7, 11) is 3.03. The molecule has 0 unspecified atom stereocenters. The molecule has 0 saturated heterocycles. The van der Waals surface area contributed by atoms with Gasteiger partial charge in [0.05, 0.1) is 19.9 Å². The highest BCUT2D eigenvalue weighted by atomic mass is 16.6. The average molecular weight is 359 g/mol. The summed E-state index contributed by atoms with van der Waals surface area (Å²) in [5, 5.41) is 0. The van der Waals surface area contributed by atoms with Gasteiger partial charge < -0.3 is 19.1 Å². The zero-order valence-electron chi connectivity index (χ0n) is 15.5. The molecular formula is C19H21NO6. The third kappa shape index (κ3) is 2.83. The molecule has 0 fully saturated rings. The predicted octanol–water partition coefficient (Wildman–Crippen LogP) is 1.72. The third-order valence-corrected chi connectivity index (χ3v) is 4.25. The van der Waals surface area contributed by atoms with Crippen LogP contribution in [0.3, 0.4) is 0 Å². The molecular weight excluding hydrogens is 338 g/mol. The Hall–Kier alpha value is -2.83. The van der Waals surface area contributed by atoms with Crippen LogP contribution in [-0.4, -0.2) is 48.9 Å². The molecule has 1 amide bonds.